The van der Waals surface area contributed by atoms with Crippen LogP contribution in [0.2, 0.25) is 0 Å². The van der Waals surface area contributed by atoms with Crippen molar-refractivity contribution in [2.75, 3.05) is 5.73 Å². The van der Waals surface area contributed by atoms with Gasteiger partial charge in [-0.1, -0.05) is 6.07 Å². The van der Waals surface area contributed by atoms with Crippen LogP contribution in [0.1, 0.15) is 21.9 Å². The maximum Gasteiger partial charge on any atom is 0.357 e. The summed E-state index contributed by atoms with van der Waals surface area (Å²) in [6.07, 6.45) is 0. The van der Waals surface area contributed by atoms with Crippen LogP contribution >= 0.6 is 11.3 Å². The number of nitrogens with zero attached hydrogens (tertiary/aromatic N) is 3. The summed E-state index contributed by atoms with van der Waals surface area (Å²) in [5.74, 6) is -0.598. The van der Waals surface area contributed by atoms with Gasteiger partial charge in [0, 0.05) is 5.38 Å². The Morgan fingerprint density at radius 2 is 2.33 bits per heavy atom. The van der Waals surface area contributed by atoms with E-state index in [4.69, 9.17) is 15.7 Å². The van der Waals surface area contributed by atoms with Crippen LogP contribution in [0.3, 0.4) is 0 Å². The van der Waals surface area contributed by atoms with Gasteiger partial charge in [0.05, 0.1) is 5.69 Å². The van der Waals surface area contributed by atoms with Crippen molar-refractivity contribution in [3.05, 3.63) is 40.7 Å². The number of pyridine rings is 1. The Morgan fingerprint density at radius 1 is 1.50 bits per heavy atom. The second kappa shape index (κ2) is 5.25. The zero-order chi connectivity index (χ0) is 13.0. The Hall–Kier alpha value is -2.46. The molecule has 0 bridgehead atoms. The van der Waals surface area contributed by atoms with Gasteiger partial charge in [0.1, 0.15) is 24.1 Å². The van der Waals surface area contributed by atoms with Gasteiger partial charge in [-0.15, -0.1) is 11.3 Å². The van der Waals surface area contributed by atoms with Gasteiger partial charge in [-0.2, -0.15) is 5.26 Å². The molecule has 2 aromatic rings. The van der Waals surface area contributed by atoms with Crippen molar-refractivity contribution in [1.82, 2.24) is 9.97 Å². The molecule has 0 aliphatic heterocycles. The topological polar surface area (TPSA) is 102 Å². The summed E-state index contributed by atoms with van der Waals surface area (Å²) in [7, 11) is 0. The molecule has 90 valence electrons. The smallest absolute Gasteiger partial charge is 0.357 e. The fourth-order valence-corrected chi connectivity index (χ4v) is 1.76. The minimum atomic E-state index is -0.598. The number of carbonyl (C=O) groups excluding carboxylic acids is 1. The van der Waals surface area contributed by atoms with E-state index >= 15 is 0 Å². The third-order valence-electron chi connectivity index (χ3n) is 1.99. The number of nitrogens with two attached hydrogens (primary N) is 1. The van der Waals surface area contributed by atoms with Crippen LogP contribution < -0.4 is 5.73 Å². The maximum atomic E-state index is 11.6. The van der Waals surface area contributed by atoms with E-state index in [1.165, 1.54) is 23.5 Å². The summed E-state index contributed by atoms with van der Waals surface area (Å²) < 4.78 is 5.00. The van der Waals surface area contributed by atoms with E-state index in [1.54, 1.807) is 11.4 Å². The van der Waals surface area contributed by atoms with Crippen LogP contribution in [-0.2, 0) is 11.3 Å². The molecular weight excluding hydrogens is 252 g/mol. The number of hydrogen-bond donors (Lipinski definition) is 1. The fourth-order valence-electron chi connectivity index (χ4n) is 1.21. The molecule has 2 heterocycles. The lowest BCUT2D eigenvalue weighted by molar-refractivity contribution is 0.0461. The second-order valence-electron chi connectivity index (χ2n) is 3.27. The summed E-state index contributed by atoms with van der Waals surface area (Å²) in [5.41, 5.74) is 6.30. The third-order valence-corrected chi connectivity index (χ3v) is 2.72. The van der Waals surface area contributed by atoms with Gasteiger partial charge >= 0.3 is 5.97 Å². The molecule has 0 amide bonds. The molecule has 0 aromatic carbocycles. The first kappa shape index (κ1) is 12.0. The number of thiazole rings is 1. The van der Waals surface area contributed by atoms with Crippen LogP contribution in [-0.4, -0.2) is 15.9 Å². The standard InChI is InChI=1S/C11H8N4O2S/c12-4-7-2-1-3-9(14-7)10(16)17-5-8-6-18-11(13)15-8/h1-3,6H,5H2,(H2,13,15). The van der Waals surface area contributed by atoms with Gasteiger partial charge in [0.25, 0.3) is 0 Å². The van der Waals surface area contributed by atoms with Crippen molar-refractivity contribution in [2.24, 2.45) is 0 Å². The molecule has 0 atom stereocenters. The Morgan fingerprint density at radius 3 is 3.00 bits per heavy atom. The highest BCUT2D eigenvalue weighted by Crippen LogP contribution is 2.12. The minimum Gasteiger partial charge on any atom is -0.454 e. The van der Waals surface area contributed by atoms with E-state index in [9.17, 15) is 4.79 Å². The van der Waals surface area contributed by atoms with Gasteiger partial charge in [-0.05, 0) is 12.1 Å². The molecule has 0 saturated carbocycles. The second-order valence-corrected chi connectivity index (χ2v) is 4.16. The van der Waals surface area contributed by atoms with E-state index in [-0.39, 0.29) is 18.0 Å². The monoisotopic (exact) mass is 260 g/mol. The quantitative estimate of drug-likeness (QED) is 0.836. The highest BCUT2D eigenvalue weighted by Gasteiger charge is 2.10. The third kappa shape index (κ3) is 2.81. The normalized spacial score (nSPS) is 9.72. The number of carbonyl (C=O) groups is 1. The van der Waals surface area contributed by atoms with Crippen molar-refractivity contribution in [3.63, 3.8) is 0 Å². The number of esters is 1. The summed E-state index contributed by atoms with van der Waals surface area (Å²) in [4.78, 5) is 19.4. The molecule has 18 heavy (non-hydrogen) atoms. The van der Waals surface area contributed by atoms with E-state index in [0.717, 1.165) is 0 Å². The first-order valence-corrected chi connectivity index (χ1v) is 5.81. The molecule has 0 radical (unpaired) electrons. The molecule has 0 unspecified atom stereocenters. The zero-order valence-corrected chi connectivity index (χ0v) is 9.98. The Labute approximate surface area is 107 Å². The van der Waals surface area contributed by atoms with Gasteiger partial charge in [0.15, 0.2) is 5.13 Å². The van der Waals surface area contributed by atoms with Crippen LogP contribution in [0.5, 0.6) is 0 Å². The average molecular weight is 260 g/mol. The number of nitriles is 1. The van der Waals surface area contributed by atoms with Gasteiger partial charge < -0.3 is 10.5 Å². The lowest BCUT2D eigenvalue weighted by atomic mass is 10.3. The highest BCUT2D eigenvalue weighted by molar-refractivity contribution is 7.13. The average Bonchev–Trinajstić information content (AvgIpc) is 2.82. The lowest BCUT2D eigenvalue weighted by Gasteiger charge is -2.02. The predicted octanol–water partition coefficient (Wildman–Crippen LogP) is 1.35. The molecule has 6 nitrogen and oxygen atoms in total. The zero-order valence-electron chi connectivity index (χ0n) is 9.16. The van der Waals surface area contributed by atoms with Crippen LogP contribution in [0.25, 0.3) is 0 Å². The highest BCUT2D eigenvalue weighted by atomic mass is 32.1. The van der Waals surface area contributed by atoms with E-state index < -0.39 is 5.97 Å². The Balaban J connectivity index is 2.01. The van der Waals surface area contributed by atoms with Crippen molar-refractivity contribution >= 4 is 22.4 Å². The number of anilines is 1. The number of hydrogen-bond acceptors (Lipinski definition) is 7. The van der Waals surface area contributed by atoms with E-state index in [1.807, 2.05) is 6.07 Å². The molecule has 0 saturated heterocycles. The molecule has 0 fully saturated rings. The molecule has 2 rings (SSSR count). The van der Waals surface area contributed by atoms with Crippen molar-refractivity contribution in [2.45, 2.75) is 6.61 Å². The van der Waals surface area contributed by atoms with Gasteiger partial charge in [-0.3, -0.25) is 0 Å². The lowest BCUT2D eigenvalue weighted by Crippen LogP contribution is -2.08. The Bertz CT molecular complexity index is 618. The molecular formula is C11H8N4O2S. The molecule has 0 aliphatic carbocycles. The molecule has 0 aliphatic rings. The molecule has 2 aromatic heterocycles. The summed E-state index contributed by atoms with van der Waals surface area (Å²) in [5, 5.41) is 10.8. The van der Waals surface area contributed by atoms with Gasteiger partial charge in [-0.25, -0.2) is 14.8 Å². The summed E-state index contributed by atoms with van der Waals surface area (Å²) in [6.45, 7) is 0.0327. The van der Waals surface area contributed by atoms with Crippen LogP contribution in [0.4, 0.5) is 5.13 Å². The predicted molar refractivity (Wildman–Crippen MR) is 64.6 cm³/mol. The largest absolute Gasteiger partial charge is 0.454 e. The Kier molecular flexibility index (Phi) is 3.50. The maximum absolute atomic E-state index is 11.6. The van der Waals surface area contributed by atoms with E-state index in [0.29, 0.717) is 10.8 Å². The van der Waals surface area contributed by atoms with Crippen LogP contribution in [0, 0.1) is 11.3 Å². The van der Waals surface area contributed by atoms with Crippen molar-refractivity contribution in [3.8, 4) is 6.07 Å². The molecule has 2 N–H and O–H groups in total. The minimum absolute atomic E-state index is 0.0327. The van der Waals surface area contributed by atoms with E-state index in [2.05, 4.69) is 9.97 Å². The van der Waals surface area contributed by atoms with Gasteiger partial charge in [0.2, 0.25) is 0 Å². The summed E-state index contributed by atoms with van der Waals surface area (Å²) >= 11 is 1.27. The first-order valence-electron chi connectivity index (χ1n) is 4.93. The van der Waals surface area contributed by atoms with Crippen molar-refractivity contribution in [1.29, 1.82) is 5.26 Å². The molecule has 7 heteroatoms. The summed E-state index contributed by atoms with van der Waals surface area (Å²) in [6, 6.07) is 6.42. The number of rotatable bonds is 3. The first-order chi connectivity index (χ1) is 8.69. The van der Waals surface area contributed by atoms with Crippen molar-refractivity contribution < 1.29 is 9.53 Å². The SMILES string of the molecule is N#Cc1cccc(C(=O)OCc2csc(N)n2)n1. The fraction of sp³-hybridized carbons (Fsp3) is 0.0909. The number of nitrogen functional groups attached to an aromatic ring is 1. The number of aromatic nitrogens is 2. The molecule has 0 spiro atoms. The number of ether oxygens (including phenoxy) is 1. The van der Waals surface area contributed by atoms with Crippen LogP contribution in [0.15, 0.2) is 23.6 Å².